The minimum Gasteiger partial charge on any atom is -0.312 e. The van der Waals surface area contributed by atoms with Crippen LogP contribution >= 0.6 is 11.3 Å². The van der Waals surface area contributed by atoms with Crippen molar-refractivity contribution in [1.29, 1.82) is 0 Å². The van der Waals surface area contributed by atoms with Crippen molar-refractivity contribution in [2.75, 3.05) is 0 Å². The number of hydrogen-bond acceptors (Lipinski definition) is 2. The summed E-state index contributed by atoms with van der Waals surface area (Å²) in [6.45, 7) is 6.15. The molecule has 0 saturated carbocycles. The molecule has 0 unspecified atom stereocenters. The predicted octanol–water partition coefficient (Wildman–Crippen LogP) is 3.01. The van der Waals surface area contributed by atoms with Crippen LogP contribution in [-0.2, 0) is 0 Å². The molecule has 2 nitrogen and oxygen atoms in total. The Kier molecular flexibility index (Phi) is 1.55. The van der Waals surface area contributed by atoms with E-state index in [1.165, 1.54) is 10.4 Å². The first-order valence-corrected chi connectivity index (χ1v) is 5.76. The van der Waals surface area contributed by atoms with Crippen molar-refractivity contribution in [3.63, 3.8) is 0 Å². The Morgan fingerprint density at radius 3 is 2.73 bits per heavy atom. The molecule has 3 heteroatoms. The summed E-state index contributed by atoms with van der Waals surface area (Å²) in [5.41, 5.74) is 4.25. The lowest BCUT2D eigenvalue weighted by Gasteiger charge is -2.00. The molecule has 15 heavy (non-hydrogen) atoms. The molecule has 76 valence electrons. The first-order valence-electron chi connectivity index (χ1n) is 4.94. The standard InChI is InChI=1S/C12H11NOS/c1-6-4-5-13-9(6)11(14)12-10(13)7(2)8(3)15-12/h4-5H,1-3H3. The summed E-state index contributed by atoms with van der Waals surface area (Å²) in [6.07, 6.45) is 1.99. The van der Waals surface area contributed by atoms with Crippen molar-refractivity contribution in [1.82, 2.24) is 4.57 Å². The van der Waals surface area contributed by atoms with Crippen LogP contribution in [0.5, 0.6) is 0 Å². The molecule has 1 aliphatic heterocycles. The van der Waals surface area contributed by atoms with Gasteiger partial charge in [-0.1, -0.05) is 0 Å². The molecule has 0 N–H and O–H groups in total. The van der Waals surface area contributed by atoms with Gasteiger partial charge in [-0.05, 0) is 38.0 Å². The van der Waals surface area contributed by atoms with Gasteiger partial charge >= 0.3 is 0 Å². The van der Waals surface area contributed by atoms with Gasteiger partial charge in [0.05, 0.1) is 11.4 Å². The number of rotatable bonds is 0. The third-order valence-electron chi connectivity index (χ3n) is 3.10. The van der Waals surface area contributed by atoms with Gasteiger partial charge in [0.15, 0.2) is 0 Å². The SMILES string of the molecule is Cc1ccn2c1C(=O)c1sc(C)c(C)c1-2. The molecule has 2 aromatic rings. The predicted molar refractivity (Wildman–Crippen MR) is 61.3 cm³/mol. The fourth-order valence-electron chi connectivity index (χ4n) is 2.17. The normalized spacial score (nSPS) is 13.1. The van der Waals surface area contributed by atoms with Gasteiger partial charge in [-0.3, -0.25) is 4.79 Å². The summed E-state index contributed by atoms with van der Waals surface area (Å²) >= 11 is 1.61. The van der Waals surface area contributed by atoms with Gasteiger partial charge in [-0.15, -0.1) is 11.3 Å². The highest BCUT2D eigenvalue weighted by Gasteiger charge is 2.32. The summed E-state index contributed by atoms with van der Waals surface area (Å²) in [7, 11) is 0. The van der Waals surface area contributed by atoms with Crippen molar-refractivity contribution in [3.05, 3.63) is 38.8 Å². The highest BCUT2D eigenvalue weighted by atomic mass is 32.1. The van der Waals surface area contributed by atoms with E-state index < -0.39 is 0 Å². The summed E-state index contributed by atoms with van der Waals surface area (Å²) in [6, 6.07) is 2.00. The zero-order chi connectivity index (χ0) is 10.7. The third-order valence-corrected chi connectivity index (χ3v) is 4.30. The highest BCUT2D eigenvalue weighted by molar-refractivity contribution is 7.15. The molecule has 0 saturated heterocycles. The maximum atomic E-state index is 12.1. The van der Waals surface area contributed by atoms with Gasteiger partial charge in [0.2, 0.25) is 5.78 Å². The van der Waals surface area contributed by atoms with Crippen LogP contribution in [0.4, 0.5) is 0 Å². The second-order valence-corrected chi connectivity index (χ2v) is 5.23. The number of carbonyl (C=O) groups is 1. The summed E-state index contributed by atoms with van der Waals surface area (Å²) in [5, 5.41) is 0. The van der Waals surface area contributed by atoms with Gasteiger partial charge in [-0.2, -0.15) is 0 Å². The third kappa shape index (κ3) is 0.913. The molecule has 0 spiro atoms. The molecule has 0 fully saturated rings. The topological polar surface area (TPSA) is 22.0 Å². The van der Waals surface area contributed by atoms with Crippen LogP contribution in [0.1, 0.15) is 31.4 Å². The van der Waals surface area contributed by atoms with E-state index in [0.717, 1.165) is 21.8 Å². The Bertz CT molecular complexity index is 589. The quantitative estimate of drug-likeness (QED) is 0.567. The summed E-state index contributed by atoms with van der Waals surface area (Å²) < 4.78 is 2.03. The first kappa shape index (κ1) is 8.92. The number of fused-ring (bicyclic) bond motifs is 3. The summed E-state index contributed by atoms with van der Waals surface area (Å²) in [5.74, 6) is 0.189. The summed E-state index contributed by atoms with van der Waals surface area (Å²) in [4.78, 5) is 14.3. The largest absolute Gasteiger partial charge is 0.312 e. The maximum absolute atomic E-state index is 12.1. The Morgan fingerprint density at radius 2 is 2.00 bits per heavy atom. The van der Waals surface area contributed by atoms with Gasteiger partial charge in [0.25, 0.3) is 0 Å². The van der Waals surface area contributed by atoms with Crippen LogP contribution in [0.3, 0.4) is 0 Å². The van der Waals surface area contributed by atoms with E-state index in [4.69, 9.17) is 0 Å². The van der Waals surface area contributed by atoms with Crippen LogP contribution in [0.15, 0.2) is 12.3 Å². The smallest absolute Gasteiger partial charge is 0.222 e. The lowest BCUT2D eigenvalue weighted by Crippen LogP contribution is -1.97. The highest BCUT2D eigenvalue weighted by Crippen LogP contribution is 2.39. The van der Waals surface area contributed by atoms with Gasteiger partial charge < -0.3 is 4.57 Å². The van der Waals surface area contributed by atoms with Crippen molar-refractivity contribution in [2.24, 2.45) is 0 Å². The minimum atomic E-state index is 0.189. The van der Waals surface area contributed by atoms with Crippen molar-refractivity contribution in [3.8, 4) is 5.69 Å². The first-order chi connectivity index (χ1) is 7.11. The van der Waals surface area contributed by atoms with Crippen LogP contribution in [0.2, 0.25) is 0 Å². The Balaban J connectivity index is 2.43. The molecule has 1 aliphatic rings. The lowest BCUT2D eigenvalue weighted by molar-refractivity contribution is 0.104. The average molecular weight is 217 g/mol. The van der Waals surface area contributed by atoms with E-state index in [9.17, 15) is 4.79 Å². The number of ketones is 1. The van der Waals surface area contributed by atoms with Crippen molar-refractivity contribution >= 4 is 17.1 Å². The van der Waals surface area contributed by atoms with Crippen molar-refractivity contribution < 1.29 is 4.79 Å². The molecule has 3 heterocycles. The fraction of sp³-hybridized carbons (Fsp3) is 0.250. The van der Waals surface area contributed by atoms with E-state index in [2.05, 4.69) is 13.8 Å². The molecule has 0 bridgehead atoms. The second kappa shape index (κ2) is 2.61. The molecule has 0 amide bonds. The molecular formula is C12H11NOS. The molecule has 0 radical (unpaired) electrons. The second-order valence-electron chi connectivity index (χ2n) is 4.01. The number of carbonyl (C=O) groups excluding carboxylic acids is 1. The molecule has 2 aromatic heterocycles. The lowest BCUT2D eigenvalue weighted by atomic mass is 10.2. The maximum Gasteiger partial charge on any atom is 0.222 e. The Hall–Kier alpha value is -1.35. The van der Waals surface area contributed by atoms with E-state index in [1.807, 2.05) is 23.8 Å². The van der Waals surface area contributed by atoms with Crippen LogP contribution in [-0.4, -0.2) is 10.4 Å². The minimum absolute atomic E-state index is 0.189. The molecule has 0 atom stereocenters. The van der Waals surface area contributed by atoms with E-state index in [1.54, 1.807) is 11.3 Å². The Labute approximate surface area is 92.2 Å². The average Bonchev–Trinajstić information content (AvgIpc) is 2.76. The van der Waals surface area contributed by atoms with Crippen LogP contribution in [0, 0.1) is 20.8 Å². The van der Waals surface area contributed by atoms with Crippen molar-refractivity contribution in [2.45, 2.75) is 20.8 Å². The molecule has 3 rings (SSSR count). The van der Waals surface area contributed by atoms with E-state index >= 15 is 0 Å². The van der Waals surface area contributed by atoms with Gasteiger partial charge in [-0.25, -0.2) is 0 Å². The molecule has 0 aliphatic carbocycles. The zero-order valence-electron chi connectivity index (χ0n) is 8.92. The van der Waals surface area contributed by atoms with Gasteiger partial charge in [0, 0.05) is 11.1 Å². The number of thiophene rings is 1. The molecule has 0 aromatic carbocycles. The zero-order valence-corrected chi connectivity index (χ0v) is 9.73. The van der Waals surface area contributed by atoms with E-state index in [-0.39, 0.29) is 5.78 Å². The fourth-order valence-corrected chi connectivity index (χ4v) is 3.26. The monoisotopic (exact) mass is 217 g/mol. The number of aryl methyl sites for hydroxylation is 2. The number of hydrogen-bond donors (Lipinski definition) is 0. The van der Waals surface area contributed by atoms with E-state index in [0.29, 0.717) is 0 Å². The van der Waals surface area contributed by atoms with Crippen LogP contribution < -0.4 is 0 Å². The van der Waals surface area contributed by atoms with Gasteiger partial charge in [0.1, 0.15) is 4.88 Å². The number of aromatic nitrogens is 1. The number of nitrogens with zero attached hydrogens (tertiary/aromatic N) is 1. The molecular weight excluding hydrogens is 206 g/mol. The Morgan fingerprint density at radius 1 is 1.27 bits per heavy atom. The van der Waals surface area contributed by atoms with Crippen LogP contribution in [0.25, 0.3) is 5.69 Å².